The Morgan fingerprint density at radius 2 is 0.379 bits per heavy atom. The van der Waals surface area contributed by atoms with E-state index in [2.05, 4.69) is 98.1 Å². The number of nitrogens with zero attached hydrogens (tertiary/aromatic N) is 9. The summed E-state index contributed by atoms with van der Waals surface area (Å²) in [6, 6.07) is 1.34. The minimum absolute atomic E-state index is 0. The first-order chi connectivity index (χ1) is 25.8. The number of carbonyl (C=O) groups is 3. The molecule has 0 atom stereocenters. The van der Waals surface area contributed by atoms with Gasteiger partial charge >= 0.3 is 35.2 Å². The first-order valence-corrected chi connectivity index (χ1v) is 22.1. The van der Waals surface area contributed by atoms with E-state index in [1.807, 2.05) is 97.8 Å². The van der Waals surface area contributed by atoms with Crippen molar-refractivity contribution in [2.24, 2.45) is 15.0 Å². The number of urea groups is 3. The molecule has 0 heterocycles. The molecule has 0 N–H and O–H groups in total. The van der Waals surface area contributed by atoms with Crippen LogP contribution in [0.15, 0.2) is 15.0 Å². The molecule has 0 aliphatic rings. The fraction of sp³-hybridized carbons (Fsp3) is 0.857. The number of amidine groups is 3. The maximum absolute atomic E-state index is 12.2. The maximum atomic E-state index is 12.2. The second kappa shape index (κ2) is 30.1. The van der Waals surface area contributed by atoms with Crippen molar-refractivity contribution < 1.29 is 31.5 Å². The van der Waals surface area contributed by atoms with Gasteiger partial charge in [-0.1, -0.05) is 0 Å². The van der Waals surface area contributed by atoms with Crippen LogP contribution in [0, 0.1) is 0 Å². The number of amides is 6. The van der Waals surface area contributed by atoms with Crippen molar-refractivity contribution in [3.05, 3.63) is 0 Å². The van der Waals surface area contributed by atoms with E-state index < -0.39 is 0 Å². The number of hydrogen-bond acceptors (Lipinski definition) is 6. The summed E-state index contributed by atoms with van der Waals surface area (Å²) >= 11 is 15.9. The predicted molar refractivity (Wildman–Crippen MR) is 253 cm³/mol. The Kier molecular flexibility index (Phi) is 32.5. The largest absolute Gasteiger partial charge is 3.00 e. The zero-order chi connectivity index (χ0) is 46.0. The fourth-order valence-corrected chi connectivity index (χ4v) is 8.32. The van der Waals surface area contributed by atoms with Crippen LogP contribution in [-0.4, -0.2) is 135 Å². The molecule has 0 unspecified atom stereocenters. The molecule has 12 nitrogen and oxygen atoms in total. The summed E-state index contributed by atoms with van der Waals surface area (Å²) in [5.41, 5.74) is 0. The maximum Gasteiger partial charge on any atom is 3.00 e. The number of aliphatic imine (C=N–C) groups is 3. The quantitative estimate of drug-likeness (QED) is 0.0819. The first kappa shape index (κ1) is 62.6. The van der Waals surface area contributed by atoms with Gasteiger partial charge in [0.05, 0.1) is 0 Å². The van der Waals surface area contributed by atoms with E-state index in [0.29, 0.717) is 15.5 Å². The van der Waals surface area contributed by atoms with Gasteiger partial charge in [-0.05, 0) is 182 Å². The smallest absolute Gasteiger partial charge is 0.742 e. The van der Waals surface area contributed by atoms with Crippen molar-refractivity contribution in [2.45, 2.75) is 239 Å². The first-order valence-electron chi connectivity index (χ1n) is 20.9. The molecule has 58 heavy (non-hydrogen) atoms. The van der Waals surface area contributed by atoms with Crippen LogP contribution < -0.4 is 0 Å². The normalized spacial score (nSPS) is 12.5. The molecule has 0 aliphatic carbocycles. The van der Waals surface area contributed by atoms with E-state index in [-0.39, 0.29) is 108 Å². The summed E-state index contributed by atoms with van der Waals surface area (Å²) in [5.74, 6) is 0. The topological polar surface area (TPSA) is 108 Å². The predicted octanol–water partition coefficient (Wildman–Crippen LogP) is 9.74. The van der Waals surface area contributed by atoms with Gasteiger partial charge in [0.25, 0.3) is 0 Å². The summed E-state index contributed by atoms with van der Waals surface area (Å²) in [4.78, 5) is 60.2. The Labute approximate surface area is 384 Å². The average Bonchev–Trinajstić information content (AvgIpc) is 2.94. The third-order valence-electron chi connectivity index (χ3n) is 8.58. The molecular weight excluding hydrogens is 831 g/mol. The fourth-order valence-electron chi connectivity index (χ4n) is 6.82. The van der Waals surface area contributed by atoms with Crippen LogP contribution in [0.1, 0.15) is 166 Å². The van der Waals surface area contributed by atoms with E-state index in [1.54, 1.807) is 14.7 Å². The molecular formula is C42H84FeN9O3S3. The SMILES string of the molecule is CC(C)N(C(=O)/N=C(\[S-])N(C(C)C)C(C)C)C(C)C.CC(C)N(C(=O)/N=C(\[S-])N(C(C)C)C(C)C)C(C)C.CC(C)N(C(=O)/N=C(\[S-])N(C(C)C)C(C)C)C(C)C.[Fe+3]. The Morgan fingerprint density at radius 3 is 0.466 bits per heavy atom. The van der Waals surface area contributed by atoms with Crippen LogP contribution in [0.4, 0.5) is 14.4 Å². The van der Waals surface area contributed by atoms with E-state index in [9.17, 15) is 14.4 Å². The van der Waals surface area contributed by atoms with Crippen molar-refractivity contribution in [1.82, 2.24) is 29.4 Å². The summed E-state index contributed by atoms with van der Waals surface area (Å²) in [6.45, 7) is 48.4. The molecule has 0 saturated heterocycles. The van der Waals surface area contributed by atoms with E-state index in [1.165, 1.54) is 0 Å². The van der Waals surface area contributed by atoms with E-state index in [0.717, 1.165) is 0 Å². The van der Waals surface area contributed by atoms with Crippen molar-refractivity contribution >= 4 is 71.5 Å². The number of hydrogen-bond donors (Lipinski definition) is 0. The van der Waals surface area contributed by atoms with E-state index in [4.69, 9.17) is 37.9 Å². The van der Waals surface area contributed by atoms with Gasteiger partial charge in [0.2, 0.25) is 0 Å². The minimum Gasteiger partial charge on any atom is -0.742 e. The summed E-state index contributed by atoms with van der Waals surface area (Å²) in [7, 11) is 0. The Balaban J connectivity index is -0.000000374. The third kappa shape index (κ3) is 22.6. The molecule has 0 bridgehead atoms. The summed E-state index contributed by atoms with van der Waals surface area (Å²) < 4.78 is 0. The summed E-state index contributed by atoms with van der Waals surface area (Å²) in [6.07, 6.45) is 0. The van der Waals surface area contributed by atoms with Gasteiger partial charge in [0.15, 0.2) is 0 Å². The monoisotopic (exact) mass is 915 g/mol. The van der Waals surface area contributed by atoms with Crippen LogP contribution >= 0.6 is 0 Å². The van der Waals surface area contributed by atoms with Crippen molar-refractivity contribution in [3.8, 4) is 0 Å². The summed E-state index contributed by atoms with van der Waals surface area (Å²) in [5, 5.41) is 1.13. The third-order valence-corrected chi connectivity index (χ3v) is 9.48. The Hall–Kier alpha value is -2.00. The molecule has 0 fully saturated rings. The van der Waals surface area contributed by atoms with Gasteiger partial charge in [-0.25, -0.2) is 29.4 Å². The van der Waals surface area contributed by atoms with Crippen molar-refractivity contribution in [1.29, 1.82) is 0 Å². The van der Waals surface area contributed by atoms with Gasteiger partial charge in [0.1, 0.15) is 0 Å². The molecule has 0 spiro atoms. The van der Waals surface area contributed by atoms with Crippen molar-refractivity contribution in [3.63, 3.8) is 0 Å². The van der Waals surface area contributed by atoms with Crippen LogP contribution in [-0.2, 0) is 55.0 Å². The Morgan fingerprint density at radius 1 is 0.276 bits per heavy atom. The zero-order valence-corrected chi connectivity index (χ0v) is 44.3. The molecule has 0 aromatic rings. The second-order valence-electron chi connectivity index (χ2n) is 17.6. The van der Waals surface area contributed by atoms with Crippen molar-refractivity contribution in [2.75, 3.05) is 0 Å². The average molecular weight is 915 g/mol. The van der Waals surface area contributed by atoms with Crippen LogP contribution in [0.25, 0.3) is 0 Å². The molecule has 16 heteroatoms. The van der Waals surface area contributed by atoms with Crippen LogP contribution in [0.3, 0.4) is 0 Å². The van der Waals surface area contributed by atoms with Gasteiger partial charge in [0, 0.05) is 72.5 Å². The number of carbonyl (C=O) groups excluding carboxylic acids is 3. The molecule has 6 amide bonds. The second-order valence-corrected chi connectivity index (χ2v) is 18.7. The standard InChI is InChI=1S/3C14H29N3OS.Fe/c3*1-9(2)16(10(3)4)13(18)15-14(19)17(11(5)6)12(7)8;/h3*9-12H,1-8H3,(H,15,18,19);/q;;;+3/p-3. The Bertz CT molecular complexity index is 1090. The van der Waals surface area contributed by atoms with E-state index >= 15 is 0 Å². The molecule has 0 rings (SSSR count). The van der Waals surface area contributed by atoms with Gasteiger partial charge in [-0.2, -0.15) is 0 Å². The zero-order valence-electron chi connectivity index (χ0n) is 40.8. The van der Waals surface area contributed by atoms with Gasteiger partial charge in [-0.3, -0.25) is 0 Å². The molecule has 0 saturated carbocycles. The van der Waals surface area contributed by atoms with Gasteiger partial charge in [-0.15, -0.1) is 0 Å². The van der Waals surface area contributed by atoms with Crippen LogP contribution in [0.2, 0.25) is 0 Å². The molecule has 1 radical (unpaired) electrons. The number of rotatable bonds is 12. The molecule has 0 aromatic heterocycles. The van der Waals surface area contributed by atoms with Crippen LogP contribution in [0.5, 0.6) is 0 Å². The minimum atomic E-state index is -0.249. The molecule has 341 valence electrons. The molecule has 0 aliphatic heterocycles. The molecule has 0 aromatic carbocycles. The van der Waals surface area contributed by atoms with Gasteiger partial charge < -0.3 is 67.3 Å².